The average Bonchev–Trinajstić information content (AvgIpc) is 2.91. The predicted octanol–water partition coefficient (Wildman–Crippen LogP) is 2.92. The number of nitrogens with one attached hydrogen (secondary N) is 1. The molecule has 2 nitrogen and oxygen atoms in total. The molecule has 2 aliphatic carbocycles. The van der Waals surface area contributed by atoms with Crippen LogP contribution in [0.25, 0.3) is 0 Å². The van der Waals surface area contributed by atoms with Gasteiger partial charge in [0.15, 0.2) is 0 Å². The van der Waals surface area contributed by atoms with Crippen LogP contribution >= 0.6 is 0 Å². The van der Waals surface area contributed by atoms with Gasteiger partial charge in [-0.15, -0.1) is 0 Å². The molecular formula is C15H21NO. The van der Waals surface area contributed by atoms with Gasteiger partial charge in [0.1, 0.15) is 5.75 Å². The molecule has 3 rings (SSSR count). The highest BCUT2D eigenvalue weighted by molar-refractivity contribution is 5.26. The summed E-state index contributed by atoms with van der Waals surface area (Å²) in [4.78, 5) is 0. The number of benzene rings is 1. The Labute approximate surface area is 103 Å². The minimum atomic E-state index is 0.365. The maximum Gasteiger partial charge on any atom is 0.115 e. The molecule has 2 heteroatoms. The first-order valence-electron chi connectivity index (χ1n) is 6.80. The number of rotatable bonds is 4. The Hall–Kier alpha value is -1.02. The third-order valence-corrected chi connectivity index (χ3v) is 4.53. The van der Waals surface area contributed by atoms with Gasteiger partial charge in [0.25, 0.3) is 0 Å². The van der Waals surface area contributed by atoms with Crippen LogP contribution in [0, 0.1) is 17.8 Å². The topological polar surface area (TPSA) is 32.3 Å². The van der Waals surface area contributed by atoms with Crippen LogP contribution in [0.4, 0.5) is 0 Å². The van der Waals surface area contributed by atoms with Crippen LogP contribution in [0.15, 0.2) is 24.3 Å². The van der Waals surface area contributed by atoms with Crippen LogP contribution in [0.1, 0.15) is 31.2 Å². The number of phenols is 1. The molecule has 2 fully saturated rings. The molecule has 0 saturated heterocycles. The fourth-order valence-corrected chi connectivity index (χ4v) is 3.69. The number of hydrogen-bond donors (Lipinski definition) is 2. The molecule has 2 aliphatic rings. The van der Waals surface area contributed by atoms with Crippen LogP contribution in [-0.4, -0.2) is 11.7 Å². The predicted molar refractivity (Wildman–Crippen MR) is 68.8 cm³/mol. The fourth-order valence-electron chi connectivity index (χ4n) is 3.69. The first-order chi connectivity index (χ1) is 8.31. The van der Waals surface area contributed by atoms with Crippen LogP contribution in [0.5, 0.6) is 5.75 Å². The van der Waals surface area contributed by atoms with Crippen molar-refractivity contribution >= 4 is 0 Å². The molecule has 0 aromatic heterocycles. The van der Waals surface area contributed by atoms with Crippen molar-refractivity contribution in [3.8, 4) is 5.75 Å². The molecule has 3 atom stereocenters. The standard InChI is InChI=1S/C15H21NO/c17-15-3-1-2-12(8-15)9-16-10-14-7-11-4-5-13(14)6-11/h1-3,8,11,13-14,16-17H,4-7,9-10H2. The number of hydrogen-bond acceptors (Lipinski definition) is 2. The Morgan fingerprint density at radius 1 is 1.24 bits per heavy atom. The largest absolute Gasteiger partial charge is 0.508 e. The van der Waals surface area contributed by atoms with E-state index < -0.39 is 0 Å². The zero-order valence-electron chi connectivity index (χ0n) is 10.2. The highest BCUT2D eigenvalue weighted by atomic mass is 16.3. The van der Waals surface area contributed by atoms with Crippen molar-refractivity contribution in [2.75, 3.05) is 6.54 Å². The van der Waals surface area contributed by atoms with Gasteiger partial charge >= 0.3 is 0 Å². The van der Waals surface area contributed by atoms with Gasteiger partial charge in [-0.3, -0.25) is 0 Å². The lowest BCUT2D eigenvalue weighted by Gasteiger charge is -2.21. The van der Waals surface area contributed by atoms with E-state index in [-0.39, 0.29) is 0 Å². The molecule has 92 valence electrons. The summed E-state index contributed by atoms with van der Waals surface area (Å²) in [5.41, 5.74) is 1.17. The average molecular weight is 231 g/mol. The molecule has 2 bridgehead atoms. The Balaban J connectivity index is 1.46. The molecule has 0 aliphatic heterocycles. The first-order valence-corrected chi connectivity index (χ1v) is 6.80. The summed E-state index contributed by atoms with van der Waals surface area (Å²) in [5, 5.41) is 12.9. The maximum atomic E-state index is 9.38. The summed E-state index contributed by atoms with van der Waals surface area (Å²) in [6, 6.07) is 7.53. The van der Waals surface area contributed by atoms with E-state index in [1.807, 2.05) is 12.1 Å². The molecule has 0 heterocycles. The van der Waals surface area contributed by atoms with Crippen LogP contribution in [0.3, 0.4) is 0 Å². The van der Waals surface area contributed by atoms with Crippen molar-refractivity contribution in [1.29, 1.82) is 0 Å². The van der Waals surface area contributed by atoms with E-state index in [2.05, 4.69) is 11.4 Å². The minimum Gasteiger partial charge on any atom is -0.508 e. The Bertz CT molecular complexity index is 390. The van der Waals surface area contributed by atoms with Crippen molar-refractivity contribution in [1.82, 2.24) is 5.32 Å². The van der Waals surface area contributed by atoms with Gasteiger partial charge < -0.3 is 10.4 Å². The van der Waals surface area contributed by atoms with Gasteiger partial charge in [0.2, 0.25) is 0 Å². The molecule has 3 unspecified atom stereocenters. The summed E-state index contributed by atoms with van der Waals surface area (Å²) in [6.07, 6.45) is 5.87. The third kappa shape index (κ3) is 2.47. The monoisotopic (exact) mass is 231 g/mol. The molecule has 0 spiro atoms. The van der Waals surface area contributed by atoms with E-state index in [1.165, 1.54) is 31.2 Å². The number of aromatic hydroxyl groups is 1. The van der Waals surface area contributed by atoms with Gasteiger partial charge in [-0.2, -0.15) is 0 Å². The SMILES string of the molecule is Oc1cccc(CNCC2CC3CCC2C3)c1. The van der Waals surface area contributed by atoms with E-state index in [0.717, 1.165) is 30.8 Å². The maximum absolute atomic E-state index is 9.38. The summed E-state index contributed by atoms with van der Waals surface area (Å²) in [5.74, 6) is 3.31. The zero-order chi connectivity index (χ0) is 11.7. The van der Waals surface area contributed by atoms with Crippen LogP contribution in [-0.2, 0) is 6.54 Å². The van der Waals surface area contributed by atoms with Gasteiger partial charge in [-0.1, -0.05) is 18.6 Å². The molecule has 0 amide bonds. The molecule has 1 aromatic rings. The molecular weight excluding hydrogens is 210 g/mol. The second kappa shape index (κ2) is 4.69. The quantitative estimate of drug-likeness (QED) is 0.835. The fraction of sp³-hybridized carbons (Fsp3) is 0.600. The van der Waals surface area contributed by atoms with Crippen molar-refractivity contribution in [2.24, 2.45) is 17.8 Å². The van der Waals surface area contributed by atoms with Crippen molar-refractivity contribution < 1.29 is 5.11 Å². The Morgan fingerprint density at radius 3 is 2.88 bits per heavy atom. The summed E-state index contributed by atoms with van der Waals surface area (Å²) < 4.78 is 0. The van der Waals surface area contributed by atoms with Crippen LogP contribution in [0.2, 0.25) is 0 Å². The summed E-state index contributed by atoms with van der Waals surface area (Å²) in [7, 11) is 0. The van der Waals surface area contributed by atoms with E-state index in [9.17, 15) is 5.11 Å². The van der Waals surface area contributed by atoms with Crippen molar-refractivity contribution in [3.63, 3.8) is 0 Å². The highest BCUT2D eigenvalue weighted by Crippen LogP contribution is 2.47. The summed E-state index contributed by atoms with van der Waals surface area (Å²) in [6.45, 7) is 2.03. The van der Waals surface area contributed by atoms with Gasteiger partial charge in [-0.05, 0) is 61.3 Å². The van der Waals surface area contributed by atoms with Gasteiger partial charge in [-0.25, -0.2) is 0 Å². The second-order valence-corrected chi connectivity index (χ2v) is 5.74. The summed E-state index contributed by atoms with van der Waals surface area (Å²) >= 11 is 0. The normalized spacial score (nSPS) is 30.9. The number of fused-ring (bicyclic) bond motifs is 2. The lowest BCUT2D eigenvalue weighted by Crippen LogP contribution is -2.26. The lowest BCUT2D eigenvalue weighted by molar-refractivity contribution is 0.318. The van der Waals surface area contributed by atoms with Crippen LogP contribution < -0.4 is 5.32 Å². The van der Waals surface area contributed by atoms with Crippen molar-refractivity contribution in [3.05, 3.63) is 29.8 Å². The number of phenolic OH excluding ortho intramolecular Hbond substituents is 1. The molecule has 2 saturated carbocycles. The molecule has 2 N–H and O–H groups in total. The third-order valence-electron chi connectivity index (χ3n) is 4.53. The van der Waals surface area contributed by atoms with E-state index in [1.54, 1.807) is 6.07 Å². The molecule has 0 radical (unpaired) electrons. The smallest absolute Gasteiger partial charge is 0.115 e. The van der Waals surface area contributed by atoms with E-state index in [0.29, 0.717) is 5.75 Å². The van der Waals surface area contributed by atoms with Crippen molar-refractivity contribution in [2.45, 2.75) is 32.2 Å². The lowest BCUT2D eigenvalue weighted by atomic mass is 9.89. The van der Waals surface area contributed by atoms with E-state index in [4.69, 9.17) is 0 Å². The van der Waals surface area contributed by atoms with Gasteiger partial charge in [0, 0.05) is 6.54 Å². The highest BCUT2D eigenvalue weighted by Gasteiger charge is 2.38. The molecule has 1 aromatic carbocycles. The zero-order valence-corrected chi connectivity index (χ0v) is 10.2. The minimum absolute atomic E-state index is 0.365. The van der Waals surface area contributed by atoms with Gasteiger partial charge in [0.05, 0.1) is 0 Å². The van der Waals surface area contributed by atoms with E-state index >= 15 is 0 Å². The molecule has 17 heavy (non-hydrogen) atoms. The first kappa shape index (κ1) is 11.1. The Kier molecular flexibility index (Phi) is 3.06. The second-order valence-electron chi connectivity index (χ2n) is 5.74. The Morgan fingerprint density at radius 2 is 2.18 bits per heavy atom.